The molecule has 0 saturated heterocycles. The Balaban J connectivity index is 4.04. The molecule has 2 heteroatoms. The first kappa shape index (κ1) is 15.6. The number of carbonyl (C=O) groups is 1. The van der Waals surface area contributed by atoms with Crippen molar-refractivity contribution < 1.29 is 9.53 Å². The number of rotatable bonds is 11. The average Bonchev–Trinajstić information content (AvgIpc) is 2.31. The number of ether oxygens (including phenoxy) is 1. The van der Waals surface area contributed by atoms with E-state index >= 15 is 0 Å². The maximum absolute atomic E-state index is 11.1. The van der Waals surface area contributed by atoms with Gasteiger partial charge in [0.15, 0.2) is 0 Å². The van der Waals surface area contributed by atoms with E-state index in [-0.39, 0.29) is 5.92 Å². The van der Waals surface area contributed by atoms with Gasteiger partial charge in [-0.2, -0.15) is 0 Å². The van der Waals surface area contributed by atoms with Crippen LogP contribution in [-0.4, -0.2) is 20.0 Å². The number of unbranched alkanes of at least 4 members (excludes halogenated alkanes) is 3. The minimum absolute atomic E-state index is 0.207. The second-order valence-corrected chi connectivity index (χ2v) is 4.65. The SMILES string of the molecule is CCCCCC(C=O)C(CCCC)COC. The molecule has 0 saturated carbocycles. The van der Waals surface area contributed by atoms with Gasteiger partial charge in [-0.05, 0) is 18.8 Å². The molecule has 0 fully saturated rings. The van der Waals surface area contributed by atoms with Gasteiger partial charge in [0, 0.05) is 19.6 Å². The van der Waals surface area contributed by atoms with E-state index in [0.29, 0.717) is 5.92 Å². The van der Waals surface area contributed by atoms with Crippen LogP contribution < -0.4 is 0 Å². The highest BCUT2D eigenvalue weighted by Gasteiger charge is 2.19. The number of carbonyl (C=O) groups excluding carboxylic acids is 1. The molecule has 16 heavy (non-hydrogen) atoms. The summed E-state index contributed by atoms with van der Waals surface area (Å²) in [4.78, 5) is 11.1. The molecule has 2 atom stereocenters. The van der Waals surface area contributed by atoms with E-state index in [1.54, 1.807) is 7.11 Å². The Morgan fingerprint density at radius 1 is 1.06 bits per heavy atom. The van der Waals surface area contributed by atoms with Crippen LogP contribution in [0, 0.1) is 11.8 Å². The first-order chi connectivity index (χ1) is 7.79. The summed E-state index contributed by atoms with van der Waals surface area (Å²) < 4.78 is 5.23. The number of hydrogen-bond donors (Lipinski definition) is 0. The molecule has 0 amide bonds. The molecule has 0 aromatic heterocycles. The lowest BCUT2D eigenvalue weighted by atomic mass is 9.86. The third kappa shape index (κ3) is 7.00. The first-order valence-electron chi connectivity index (χ1n) is 6.74. The maximum atomic E-state index is 11.1. The van der Waals surface area contributed by atoms with Crippen LogP contribution in [0.3, 0.4) is 0 Å². The lowest BCUT2D eigenvalue weighted by Gasteiger charge is -2.22. The van der Waals surface area contributed by atoms with Crippen molar-refractivity contribution in [3.63, 3.8) is 0 Å². The summed E-state index contributed by atoms with van der Waals surface area (Å²) in [6.45, 7) is 5.12. The highest BCUT2D eigenvalue weighted by Crippen LogP contribution is 2.23. The fourth-order valence-electron chi connectivity index (χ4n) is 2.15. The minimum Gasteiger partial charge on any atom is -0.384 e. The van der Waals surface area contributed by atoms with Crippen molar-refractivity contribution in [3.8, 4) is 0 Å². The summed E-state index contributed by atoms with van der Waals surface area (Å²) in [6, 6.07) is 0. The summed E-state index contributed by atoms with van der Waals surface area (Å²) in [5.41, 5.74) is 0. The van der Waals surface area contributed by atoms with Gasteiger partial charge in [-0.1, -0.05) is 46.0 Å². The Kier molecular flexibility index (Phi) is 10.9. The van der Waals surface area contributed by atoms with Gasteiger partial charge in [-0.3, -0.25) is 0 Å². The van der Waals surface area contributed by atoms with Gasteiger partial charge in [0.1, 0.15) is 6.29 Å². The van der Waals surface area contributed by atoms with Gasteiger partial charge in [0.25, 0.3) is 0 Å². The van der Waals surface area contributed by atoms with E-state index in [1.165, 1.54) is 32.1 Å². The molecule has 0 rings (SSSR count). The second kappa shape index (κ2) is 11.1. The van der Waals surface area contributed by atoms with Crippen LogP contribution in [-0.2, 0) is 9.53 Å². The maximum Gasteiger partial charge on any atom is 0.123 e. The smallest absolute Gasteiger partial charge is 0.123 e. The molecule has 0 spiro atoms. The zero-order chi connectivity index (χ0) is 12.2. The highest BCUT2D eigenvalue weighted by atomic mass is 16.5. The molecule has 0 N–H and O–H groups in total. The van der Waals surface area contributed by atoms with Crippen molar-refractivity contribution in [1.29, 1.82) is 0 Å². The normalized spacial score (nSPS) is 14.7. The molecule has 0 aliphatic heterocycles. The predicted molar refractivity (Wildman–Crippen MR) is 68.6 cm³/mol. The Morgan fingerprint density at radius 2 is 1.75 bits per heavy atom. The molecule has 0 radical (unpaired) electrons. The van der Waals surface area contributed by atoms with Crippen LogP contribution >= 0.6 is 0 Å². The lowest BCUT2D eigenvalue weighted by Crippen LogP contribution is -2.21. The summed E-state index contributed by atoms with van der Waals surface area (Å²) in [7, 11) is 1.73. The molecule has 2 unspecified atom stereocenters. The summed E-state index contributed by atoms with van der Waals surface area (Å²) in [5, 5.41) is 0. The van der Waals surface area contributed by atoms with E-state index in [1.807, 2.05) is 0 Å². The largest absolute Gasteiger partial charge is 0.384 e. The second-order valence-electron chi connectivity index (χ2n) is 4.65. The van der Waals surface area contributed by atoms with Crippen molar-refractivity contribution in [2.45, 2.75) is 58.8 Å². The van der Waals surface area contributed by atoms with Crippen LogP contribution in [0.25, 0.3) is 0 Å². The van der Waals surface area contributed by atoms with Crippen LogP contribution in [0.4, 0.5) is 0 Å². The quantitative estimate of drug-likeness (QED) is 0.397. The van der Waals surface area contributed by atoms with E-state index in [2.05, 4.69) is 13.8 Å². The zero-order valence-electron chi connectivity index (χ0n) is 11.2. The Morgan fingerprint density at radius 3 is 2.25 bits per heavy atom. The molecular formula is C14H28O2. The summed E-state index contributed by atoms with van der Waals surface area (Å²) >= 11 is 0. The molecule has 0 aliphatic rings. The van der Waals surface area contributed by atoms with E-state index < -0.39 is 0 Å². The Bertz CT molecular complexity index is 157. The molecule has 0 aromatic carbocycles. The molecular weight excluding hydrogens is 200 g/mol. The zero-order valence-corrected chi connectivity index (χ0v) is 11.2. The van der Waals surface area contributed by atoms with Gasteiger partial charge >= 0.3 is 0 Å². The number of aldehydes is 1. The minimum atomic E-state index is 0.207. The van der Waals surface area contributed by atoms with Crippen molar-refractivity contribution in [2.24, 2.45) is 11.8 Å². The van der Waals surface area contributed by atoms with Crippen molar-refractivity contribution >= 4 is 6.29 Å². The van der Waals surface area contributed by atoms with Gasteiger partial charge in [0.05, 0.1) is 0 Å². The molecule has 0 bridgehead atoms. The third-order valence-electron chi connectivity index (χ3n) is 3.23. The number of hydrogen-bond acceptors (Lipinski definition) is 2. The van der Waals surface area contributed by atoms with Gasteiger partial charge in [-0.15, -0.1) is 0 Å². The monoisotopic (exact) mass is 228 g/mol. The van der Waals surface area contributed by atoms with E-state index in [9.17, 15) is 4.79 Å². The highest BCUT2D eigenvalue weighted by molar-refractivity contribution is 5.53. The topological polar surface area (TPSA) is 26.3 Å². The standard InChI is InChI=1S/C14H28O2/c1-4-6-8-10-13(11-15)14(12-16-3)9-7-5-2/h11,13-14H,4-10,12H2,1-3H3. The molecule has 2 nitrogen and oxygen atoms in total. The van der Waals surface area contributed by atoms with Crippen LogP contribution in [0.2, 0.25) is 0 Å². The van der Waals surface area contributed by atoms with Gasteiger partial charge < -0.3 is 9.53 Å². The van der Waals surface area contributed by atoms with Gasteiger partial charge in [-0.25, -0.2) is 0 Å². The van der Waals surface area contributed by atoms with Crippen molar-refractivity contribution in [3.05, 3.63) is 0 Å². The van der Waals surface area contributed by atoms with Crippen LogP contribution in [0.1, 0.15) is 58.8 Å². The first-order valence-corrected chi connectivity index (χ1v) is 6.74. The summed E-state index contributed by atoms with van der Waals surface area (Å²) in [6.07, 6.45) is 9.33. The fourth-order valence-corrected chi connectivity index (χ4v) is 2.15. The van der Waals surface area contributed by atoms with E-state index in [4.69, 9.17) is 4.74 Å². The predicted octanol–water partition coefficient (Wildman–Crippen LogP) is 3.83. The molecule has 0 aromatic rings. The van der Waals surface area contributed by atoms with Crippen LogP contribution in [0.5, 0.6) is 0 Å². The van der Waals surface area contributed by atoms with E-state index in [0.717, 1.165) is 25.7 Å². The molecule has 96 valence electrons. The molecule has 0 heterocycles. The summed E-state index contributed by atoms with van der Waals surface area (Å²) in [5.74, 6) is 0.636. The van der Waals surface area contributed by atoms with Crippen molar-refractivity contribution in [1.82, 2.24) is 0 Å². The van der Waals surface area contributed by atoms with Crippen molar-refractivity contribution in [2.75, 3.05) is 13.7 Å². The average molecular weight is 228 g/mol. The fraction of sp³-hybridized carbons (Fsp3) is 0.929. The Labute approximate surface area is 101 Å². The number of methoxy groups -OCH3 is 1. The lowest BCUT2D eigenvalue weighted by molar-refractivity contribution is -0.113. The van der Waals surface area contributed by atoms with Crippen LogP contribution in [0.15, 0.2) is 0 Å². The van der Waals surface area contributed by atoms with Gasteiger partial charge in [0.2, 0.25) is 0 Å². The third-order valence-corrected chi connectivity index (χ3v) is 3.23. The Hall–Kier alpha value is -0.370. The molecule has 0 aliphatic carbocycles.